The Kier molecular flexibility index (Phi) is 3.06. The van der Waals surface area contributed by atoms with Crippen LogP contribution in [0.15, 0.2) is 12.1 Å². The van der Waals surface area contributed by atoms with Crippen LogP contribution in [0.2, 0.25) is 5.02 Å². The van der Waals surface area contributed by atoms with Crippen LogP contribution >= 0.6 is 11.6 Å². The van der Waals surface area contributed by atoms with Gasteiger partial charge in [0.25, 0.3) is 0 Å². The predicted molar refractivity (Wildman–Crippen MR) is 58.0 cm³/mol. The largest absolute Gasteiger partial charge is 0.298 e. The van der Waals surface area contributed by atoms with Crippen molar-refractivity contribution >= 4 is 17.9 Å². The van der Waals surface area contributed by atoms with E-state index in [9.17, 15) is 9.18 Å². The van der Waals surface area contributed by atoms with Gasteiger partial charge in [0.2, 0.25) is 0 Å². The van der Waals surface area contributed by atoms with Crippen molar-refractivity contribution in [1.82, 2.24) is 0 Å². The topological polar surface area (TPSA) is 17.1 Å². The molecule has 1 fully saturated rings. The highest BCUT2D eigenvalue weighted by Gasteiger charge is 2.22. The van der Waals surface area contributed by atoms with Crippen molar-refractivity contribution in [3.05, 3.63) is 34.1 Å². The van der Waals surface area contributed by atoms with E-state index in [0.717, 1.165) is 25.7 Å². The lowest BCUT2D eigenvalue weighted by molar-refractivity contribution is 0.111. The molecule has 3 heteroatoms. The molecule has 1 aliphatic rings. The van der Waals surface area contributed by atoms with Gasteiger partial charge < -0.3 is 0 Å². The fourth-order valence-electron chi connectivity index (χ4n) is 2.25. The van der Waals surface area contributed by atoms with Crippen LogP contribution in [0.4, 0.5) is 4.39 Å². The van der Waals surface area contributed by atoms with Crippen LogP contribution in [0.5, 0.6) is 0 Å². The summed E-state index contributed by atoms with van der Waals surface area (Å²) in [6, 6.07) is 3.32. The number of hydrogen-bond acceptors (Lipinski definition) is 1. The Morgan fingerprint density at radius 3 is 2.60 bits per heavy atom. The molecule has 0 heterocycles. The Hall–Kier alpha value is -0.890. The fraction of sp³-hybridized carbons (Fsp3) is 0.417. The van der Waals surface area contributed by atoms with E-state index in [1.54, 1.807) is 12.1 Å². The van der Waals surface area contributed by atoms with Crippen LogP contribution in [0.25, 0.3) is 0 Å². The fourth-order valence-corrected chi connectivity index (χ4v) is 2.44. The summed E-state index contributed by atoms with van der Waals surface area (Å²) in [5.41, 5.74) is 0.653. The summed E-state index contributed by atoms with van der Waals surface area (Å²) in [6.07, 6.45) is 4.80. The van der Waals surface area contributed by atoms with Crippen molar-refractivity contribution in [2.45, 2.75) is 31.6 Å². The SMILES string of the molecule is O=Cc1c(Cl)ccc(C2CCCC2)c1F. The van der Waals surface area contributed by atoms with E-state index in [4.69, 9.17) is 11.6 Å². The van der Waals surface area contributed by atoms with E-state index >= 15 is 0 Å². The normalized spacial score (nSPS) is 16.9. The van der Waals surface area contributed by atoms with Gasteiger partial charge in [-0.05, 0) is 30.4 Å². The minimum atomic E-state index is -0.426. The minimum Gasteiger partial charge on any atom is -0.298 e. The lowest BCUT2D eigenvalue weighted by atomic mass is 9.95. The summed E-state index contributed by atoms with van der Waals surface area (Å²) in [5.74, 6) is -0.162. The van der Waals surface area contributed by atoms with E-state index in [1.165, 1.54) is 0 Å². The third kappa shape index (κ3) is 1.91. The maximum absolute atomic E-state index is 13.9. The number of benzene rings is 1. The Morgan fingerprint density at radius 1 is 1.33 bits per heavy atom. The molecule has 0 aliphatic heterocycles. The van der Waals surface area contributed by atoms with E-state index in [-0.39, 0.29) is 16.5 Å². The maximum atomic E-state index is 13.9. The molecule has 1 saturated carbocycles. The Balaban J connectivity index is 2.43. The summed E-state index contributed by atoms with van der Waals surface area (Å²) in [5, 5.41) is 0.198. The molecule has 1 aromatic rings. The summed E-state index contributed by atoms with van der Waals surface area (Å²) < 4.78 is 13.9. The number of carbonyl (C=O) groups excluding carboxylic acids is 1. The highest BCUT2D eigenvalue weighted by atomic mass is 35.5. The molecule has 0 spiro atoms. The predicted octanol–water partition coefficient (Wildman–Crippen LogP) is 3.95. The van der Waals surface area contributed by atoms with Gasteiger partial charge in [-0.25, -0.2) is 4.39 Å². The molecule has 15 heavy (non-hydrogen) atoms. The molecule has 0 amide bonds. The molecule has 80 valence electrons. The van der Waals surface area contributed by atoms with Gasteiger partial charge in [-0.1, -0.05) is 30.5 Å². The highest BCUT2D eigenvalue weighted by Crippen LogP contribution is 2.37. The molecule has 0 bridgehead atoms. The Bertz CT molecular complexity index is 383. The van der Waals surface area contributed by atoms with Gasteiger partial charge in [-0.2, -0.15) is 0 Å². The Morgan fingerprint density at radius 2 is 2.00 bits per heavy atom. The number of hydrogen-bond donors (Lipinski definition) is 0. The van der Waals surface area contributed by atoms with E-state index < -0.39 is 5.82 Å². The molecule has 0 saturated heterocycles. The van der Waals surface area contributed by atoms with E-state index in [2.05, 4.69) is 0 Å². The van der Waals surface area contributed by atoms with Gasteiger partial charge in [-0.3, -0.25) is 4.79 Å². The van der Waals surface area contributed by atoms with E-state index in [1.807, 2.05) is 0 Å². The molecule has 0 unspecified atom stereocenters. The zero-order chi connectivity index (χ0) is 10.8. The molecule has 1 aliphatic carbocycles. The van der Waals surface area contributed by atoms with Gasteiger partial charge in [-0.15, -0.1) is 0 Å². The zero-order valence-electron chi connectivity index (χ0n) is 8.30. The minimum absolute atomic E-state index is 0.000988. The van der Waals surface area contributed by atoms with Gasteiger partial charge in [0.05, 0.1) is 10.6 Å². The van der Waals surface area contributed by atoms with Crippen molar-refractivity contribution < 1.29 is 9.18 Å². The number of carbonyl (C=O) groups is 1. The second-order valence-electron chi connectivity index (χ2n) is 3.96. The van der Waals surface area contributed by atoms with Crippen molar-refractivity contribution in [2.75, 3.05) is 0 Å². The first-order chi connectivity index (χ1) is 7.24. The van der Waals surface area contributed by atoms with Crippen LogP contribution in [0.1, 0.15) is 47.5 Å². The van der Waals surface area contributed by atoms with Gasteiger partial charge in [0.1, 0.15) is 5.82 Å². The van der Waals surface area contributed by atoms with Crippen LogP contribution < -0.4 is 0 Å². The maximum Gasteiger partial charge on any atom is 0.154 e. The lowest BCUT2D eigenvalue weighted by Gasteiger charge is -2.12. The van der Waals surface area contributed by atoms with Crippen molar-refractivity contribution in [2.24, 2.45) is 0 Å². The average molecular weight is 227 g/mol. The third-order valence-electron chi connectivity index (χ3n) is 3.07. The van der Waals surface area contributed by atoms with Crippen molar-refractivity contribution in [3.8, 4) is 0 Å². The summed E-state index contributed by atoms with van der Waals surface area (Å²) >= 11 is 5.74. The third-order valence-corrected chi connectivity index (χ3v) is 3.40. The summed E-state index contributed by atoms with van der Waals surface area (Å²) in [7, 11) is 0. The van der Waals surface area contributed by atoms with Gasteiger partial charge in [0, 0.05) is 0 Å². The summed E-state index contributed by atoms with van der Waals surface area (Å²) in [4.78, 5) is 10.7. The molecule has 0 atom stereocenters. The molecular weight excluding hydrogens is 215 g/mol. The van der Waals surface area contributed by atoms with Crippen LogP contribution in [-0.2, 0) is 0 Å². The second kappa shape index (κ2) is 4.31. The summed E-state index contributed by atoms with van der Waals surface area (Å²) in [6.45, 7) is 0. The first kappa shape index (κ1) is 10.6. The van der Waals surface area contributed by atoms with Crippen LogP contribution in [0, 0.1) is 5.82 Å². The second-order valence-corrected chi connectivity index (χ2v) is 4.37. The zero-order valence-corrected chi connectivity index (χ0v) is 9.06. The Labute approximate surface area is 93.2 Å². The molecule has 2 rings (SSSR count). The molecule has 0 N–H and O–H groups in total. The first-order valence-corrected chi connectivity index (χ1v) is 5.55. The number of halogens is 2. The number of aldehydes is 1. The highest BCUT2D eigenvalue weighted by molar-refractivity contribution is 6.33. The lowest BCUT2D eigenvalue weighted by Crippen LogP contribution is -2.01. The molecule has 0 aromatic heterocycles. The van der Waals surface area contributed by atoms with Crippen molar-refractivity contribution in [1.29, 1.82) is 0 Å². The molecular formula is C12H12ClFO. The quantitative estimate of drug-likeness (QED) is 0.698. The smallest absolute Gasteiger partial charge is 0.154 e. The molecule has 0 radical (unpaired) electrons. The van der Waals surface area contributed by atoms with Gasteiger partial charge >= 0.3 is 0 Å². The van der Waals surface area contributed by atoms with Crippen LogP contribution in [-0.4, -0.2) is 6.29 Å². The van der Waals surface area contributed by atoms with Gasteiger partial charge in [0.15, 0.2) is 6.29 Å². The van der Waals surface area contributed by atoms with E-state index in [0.29, 0.717) is 11.8 Å². The van der Waals surface area contributed by atoms with Crippen molar-refractivity contribution in [3.63, 3.8) is 0 Å². The standard InChI is InChI=1S/C12H12ClFO/c13-11-6-5-9(8-3-1-2-4-8)12(14)10(11)7-15/h5-8H,1-4H2. The monoisotopic (exact) mass is 226 g/mol. The van der Waals surface area contributed by atoms with Crippen LogP contribution in [0.3, 0.4) is 0 Å². The molecule has 1 aromatic carbocycles. The average Bonchev–Trinajstić information content (AvgIpc) is 2.71. The first-order valence-electron chi connectivity index (χ1n) is 5.17. The number of rotatable bonds is 2. The molecule has 1 nitrogen and oxygen atoms in total.